The molecule has 3 heteroatoms. The van der Waals surface area contributed by atoms with Crippen LogP contribution in [-0.2, 0) is 4.79 Å². The summed E-state index contributed by atoms with van der Waals surface area (Å²) >= 11 is 0. The molecule has 0 aliphatic carbocycles. The molecule has 1 rings (SSSR count). The minimum absolute atomic E-state index is 0.318. The fourth-order valence-corrected chi connectivity index (χ4v) is 1.50. The van der Waals surface area contributed by atoms with Gasteiger partial charge in [0, 0.05) is 12.5 Å². The summed E-state index contributed by atoms with van der Waals surface area (Å²) in [5.74, 6) is -0.678. The lowest BCUT2D eigenvalue weighted by Gasteiger charge is -2.07. The average molecular weight is 157 g/mol. The molecule has 0 aromatic carbocycles. The number of carboxylic acid groups (broad SMARTS) is 1. The van der Waals surface area contributed by atoms with Gasteiger partial charge in [-0.05, 0) is 32.2 Å². The molecule has 64 valence electrons. The van der Waals surface area contributed by atoms with E-state index in [1.807, 2.05) is 0 Å². The van der Waals surface area contributed by atoms with Crippen molar-refractivity contribution >= 4 is 5.97 Å². The Balaban J connectivity index is 1.98. The summed E-state index contributed by atoms with van der Waals surface area (Å²) in [6, 6.07) is 0.592. The van der Waals surface area contributed by atoms with Crippen molar-refractivity contribution in [2.24, 2.45) is 0 Å². The molecule has 1 aliphatic heterocycles. The van der Waals surface area contributed by atoms with Gasteiger partial charge in [-0.15, -0.1) is 0 Å². The number of nitrogens with one attached hydrogen (secondary N) is 1. The van der Waals surface area contributed by atoms with Crippen molar-refractivity contribution in [3.05, 3.63) is 0 Å². The van der Waals surface area contributed by atoms with Crippen molar-refractivity contribution in [2.75, 3.05) is 6.54 Å². The maximum absolute atomic E-state index is 10.2. The van der Waals surface area contributed by atoms with E-state index in [2.05, 4.69) is 5.32 Å². The van der Waals surface area contributed by atoms with E-state index in [-0.39, 0.29) is 0 Å². The summed E-state index contributed by atoms with van der Waals surface area (Å²) in [7, 11) is 0. The number of hydrogen-bond donors (Lipinski definition) is 2. The summed E-state index contributed by atoms with van der Waals surface area (Å²) < 4.78 is 0. The predicted molar refractivity (Wildman–Crippen MR) is 42.5 cm³/mol. The van der Waals surface area contributed by atoms with Gasteiger partial charge in [0.2, 0.25) is 0 Å². The highest BCUT2D eigenvalue weighted by atomic mass is 16.4. The molecule has 3 nitrogen and oxygen atoms in total. The van der Waals surface area contributed by atoms with Gasteiger partial charge in [-0.25, -0.2) is 0 Å². The van der Waals surface area contributed by atoms with Gasteiger partial charge in [0.25, 0.3) is 0 Å². The largest absolute Gasteiger partial charge is 0.481 e. The third kappa shape index (κ3) is 3.37. The van der Waals surface area contributed by atoms with Crippen LogP contribution >= 0.6 is 0 Å². The molecule has 0 aromatic heterocycles. The molecule has 1 fully saturated rings. The van der Waals surface area contributed by atoms with Crippen LogP contribution in [0.4, 0.5) is 0 Å². The first-order chi connectivity index (χ1) is 5.29. The molecule has 1 unspecified atom stereocenters. The Labute approximate surface area is 66.8 Å². The van der Waals surface area contributed by atoms with Crippen molar-refractivity contribution < 1.29 is 9.90 Å². The SMILES string of the molecule is O=C(O)CCCC1CCCN1. The third-order valence-electron chi connectivity index (χ3n) is 2.11. The minimum atomic E-state index is -0.678. The van der Waals surface area contributed by atoms with Crippen LogP contribution in [0.25, 0.3) is 0 Å². The summed E-state index contributed by atoms with van der Waals surface area (Å²) in [4.78, 5) is 10.2. The first-order valence-electron chi connectivity index (χ1n) is 4.24. The zero-order chi connectivity index (χ0) is 8.10. The van der Waals surface area contributed by atoms with Crippen LogP contribution in [-0.4, -0.2) is 23.7 Å². The fraction of sp³-hybridized carbons (Fsp3) is 0.875. The first-order valence-corrected chi connectivity index (χ1v) is 4.24. The highest BCUT2D eigenvalue weighted by molar-refractivity contribution is 5.66. The summed E-state index contributed by atoms with van der Waals surface area (Å²) in [6.07, 6.45) is 4.62. The molecule has 0 amide bonds. The number of carbonyl (C=O) groups is 1. The lowest BCUT2D eigenvalue weighted by Crippen LogP contribution is -2.21. The number of aliphatic carboxylic acids is 1. The van der Waals surface area contributed by atoms with E-state index in [1.54, 1.807) is 0 Å². The summed E-state index contributed by atoms with van der Waals surface area (Å²) in [5, 5.41) is 11.7. The van der Waals surface area contributed by atoms with E-state index in [0.717, 1.165) is 19.4 Å². The maximum atomic E-state index is 10.2. The Bertz CT molecular complexity index is 130. The number of rotatable bonds is 4. The van der Waals surface area contributed by atoms with Crippen LogP contribution in [0.15, 0.2) is 0 Å². The topological polar surface area (TPSA) is 49.3 Å². The van der Waals surface area contributed by atoms with Crippen molar-refractivity contribution in [2.45, 2.75) is 38.1 Å². The van der Waals surface area contributed by atoms with Crippen LogP contribution in [0, 0.1) is 0 Å². The average Bonchev–Trinajstić information content (AvgIpc) is 2.39. The second kappa shape index (κ2) is 4.34. The Hall–Kier alpha value is -0.570. The normalized spacial score (nSPS) is 23.8. The van der Waals surface area contributed by atoms with Crippen LogP contribution in [0.1, 0.15) is 32.1 Å². The van der Waals surface area contributed by atoms with Crippen LogP contribution in [0.3, 0.4) is 0 Å². The highest BCUT2D eigenvalue weighted by Gasteiger charge is 2.13. The smallest absolute Gasteiger partial charge is 0.303 e. The van der Waals surface area contributed by atoms with Gasteiger partial charge in [-0.1, -0.05) is 0 Å². The molecule has 11 heavy (non-hydrogen) atoms. The zero-order valence-corrected chi connectivity index (χ0v) is 6.68. The maximum Gasteiger partial charge on any atom is 0.303 e. The number of hydrogen-bond acceptors (Lipinski definition) is 2. The molecule has 0 aromatic rings. The molecular weight excluding hydrogens is 142 g/mol. The molecule has 1 saturated heterocycles. The minimum Gasteiger partial charge on any atom is -0.481 e. The predicted octanol–water partition coefficient (Wildman–Crippen LogP) is 0.993. The van der Waals surface area contributed by atoms with E-state index < -0.39 is 5.97 Å². The molecule has 0 spiro atoms. The molecule has 2 N–H and O–H groups in total. The molecule has 0 saturated carbocycles. The third-order valence-corrected chi connectivity index (χ3v) is 2.11. The first kappa shape index (κ1) is 8.53. The van der Waals surface area contributed by atoms with Gasteiger partial charge >= 0.3 is 5.97 Å². The Morgan fingerprint density at radius 1 is 1.64 bits per heavy atom. The van der Waals surface area contributed by atoms with E-state index in [0.29, 0.717) is 12.5 Å². The monoisotopic (exact) mass is 157 g/mol. The van der Waals surface area contributed by atoms with Crippen LogP contribution in [0.5, 0.6) is 0 Å². The van der Waals surface area contributed by atoms with E-state index >= 15 is 0 Å². The molecule has 1 atom stereocenters. The van der Waals surface area contributed by atoms with Crippen molar-refractivity contribution in [1.29, 1.82) is 0 Å². The fourth-order valence-electron chi connectivity index (χ4n) is 1.50. The quantitative estimate of drug-likeness (QED) is 0.640. The van der Waals surface area contributed by atoms with Gasteiger partial charge in [0.15, 0.2) is 0 Å². The standard InChI is InChI=1S/C8H15NO2/c10-8(11)5-1-3-7-4-2-6-9-7/h7,9H,1-6H2,(H,10,11). The Kier molecular flexibility index (Phi) is 3.36. The van der Waals surface area contributed by atoms with Gasteiger partial charge in [-0.3, -0.25) is 4.79 Å². The zero-order valence-electron chi connectivity index (χ0n) is 6.68. The lowest BCUT2D eigenvalue weighted by molar-refractivity contribution is -0.137. The Morgan fingerprint density at radius 3 is 3.00 bits per heavy atom. The Morgan fingerprint density at radius 2 is 2.45 bits per heavy atom. The molecule has 0 radical (unpaired) electrons. The van der Waals surface area contributed by atoms with Crippen LogP contribution < -0.4 is 5.32 Å². The highest BCUT2D eigenvalue weighted by Crippen LogP contribution is 2.11. The van der Waals surface area contributed by atoms with E-state index in [4.69, 9.17) is 5.11 Å². The molecule has 1 aliphatic rings. The van der Waals surface area contributed by atoms with Gasteiger partial charge < -0.3 is 10.4 Å². The molecular formula is C8H15NO2. The van der Waals surface area contributed by atoms with Gasteiger partial charge in [0.05, 0.1) is 0 Å². The lowest BCUT2D eigenvalue weighted by atomic mass is 10.1. The van der Waals surface area contributed by atoms with Gasteiger partial charge in [0.1, 0.15) is 0 Å². The molecule has 1 heterocycles. The molecule has 0 bridgehead atoms. The second-order valence-electron chi connectivity index (χ2n) is 3.08. The van der Waals surface area contributed by atoms with Crippen molar-refractivity contribution in [3.63, 3.8) is 0 Å². The van der Waals surface area contributed by atoms with Crippen LogP contribution in [0.2, 0.25) is 0 Å². The summed E-state index contributed by atoms with van der Waals surface area (Å²) in [6.45, 7) is 1.11. The van der Waals surface area contributed by atoms with E-state index in [9.17, 15) is 4.79 Å². The van der Waals surface area contributed by atoms with Crippen molar-refractivity contribution in [3.8, 4) is 0 Å². The number of carboxylic acids is 1. The summed E-state index contributed by atoms with van der Waals surface area (Å²) in [5.41, 5.74) is 0. The van der Waals surface area contributed by atoms with E-state index in [1.165, 1.54) is 12.8 Å². The van der Waals surface area contributed by atoms with Gasteiger partial charge in [-0.2, -0.15) is 0 Å². The second-order valence-corrected chi connectivity index (χ2v) is 3.08. The van der Waals surface area contributed by atoms with Crippen molar-refractivity contribution in [1.82, 2.24) is 5.32 Å².